The quantitative estimate of drug-likeness (QED) is 0.426. The maximum absolute atomic E-state index is 13.0. The van der Waals surface area contributed by atoms with Crippen LogP contribution in [0.3, 0.4) is 0 Å². The summed E-state index contributed by atoms with van der Waals surface area (Å²) in [7, 11) is 0. The minimum absolute atomic E-state index is 0.157. The number of aromatic nitrogens is 4. The van der Waals surface area contributed by atoms with Crippen LogP contribution in [0.4, 0.5) is 0 Å². The van der Waals surface area contributed by atoms with Crippen LogP contribution in [-0.2, 0) is 17.9 Å². The summed E-state index contributed by atoms with van der Waals surface area (Å²) >= 11 is 5.43. The normalized spacial score (nSPS) is 14.6. The first kappa shape index (κ1) is 22.4. The molecule has 0 radical (unpaired) electrons. The molecule has 1 aliphatic rings. The van der Waals surface area contributed by atoms with Crippen LogP contribution in [0.5, 0.6) is 0 Å². The van der Waals surface area contributed by atoms with Gasteiger partial charge in [0.15, 0.2) is 10.6 Å². The molecule has 8 heteroatoms. The van der Waals surface area contributed by atoms with Crippen LogP contribution in [0.15, 0.2) is 60.8 Å². The summed E-state index contributed by atoms with van der Waals surface area (Å²) in [6, 6.07) is 18.5. The maximum atomic E-state index is 13.0. The van der Waals surface area contributed by atoms with Crippen molar-refractivity contribution < 1.29 is 4.79 Å². The van der Waals surface area contributed by atoms with Crippen LogP contribution in [0.1, 0.15) is 17.5 Å². The fourth-order valence-corrected chi connectivity index (χ4v) is 4.81. The minimum Gasteiger partial charge on any atom is -0.340 e. The average Bonchev–Trinajstić information content (AvgIpc) is 3.23. The van der Waals surface area contributed by atoms with Gasteiger partial charge in [-0.2, -0.15) is 5.10 Å². The molecule has 0 spiro atoms. The van der Waals surface area contributed by atoms with Crippen LogP contribution < -0.4 is 0 Å². The van der Waals surface area contributed by atoms with E-state index in [0.29, 0.717) is 17.7 Å². The molecule has 1 saturated heterocycles. The molecule has 1 N–H and O–H groups in total. The number of rotatable bonds is 6. The van der Waals surface area contributed by atoms with Crippen LogP contribution in [0, 0.1) is 11.7 Å². The molecule has 3 heterocycles. The second kappa shape index (κ2) is 9.87. The van der Waals surface area contributed by atoms with Crippen molar-refractivity contribution in [1.82, 2.24) is 29.5 Å². The first-order valence-corrected chi connectivity index (χ1v) is 12.0. The molecule has 174 valence electrons. The van der Waals surface area contributed by atoms with Gasteiger partial charge in [-0.25, -0.2) is 0 Å². The number of piperazine rings is 1. The van der Waals surface area contributed by atoms with Crippen molar-refractivity contribution in [2.45, 2.75) is 26.4 Å². The van der Waals surface area contributed by atoms with Gasteiger partial charge in [-0.1, -0.05) is 48.0 Å². The standard InChI is InChI=1S/C26H28N6OS/c1-19-5-2-7-21(17-19)25-28-29-26(34)32(25)12-10-23(33)31-15-13-30(14-16-31)18-22-8-3-6-20-9-4-11-27-24(20)22/h2-9,11,17H,10,12-16,18H2,1H3,(H,29,34). The largest absolute Gasteiger partial charge is 0.340 e. The molecule has 5 rings (SSSR count). The zero-order valence-corrected chi connectivity index (χ0v) is 20.1. The lowest BCUT2D eigenvalue weighted by atomic mass is 10.1. The molecule has 0 aliphatic carbocycles. The van der Waals surface area contributed by atoms with Crippen molar-refractivity contribution in [2.24, 2.45) is 0 Å². The number of hydrogen-bond donors (Lipinski definition) is 1. The number of benzene rings is 2. The van der Waals surface area contributed by atoms with Gasteiger partial charge in [0.05, 0.1) is 5.52 Å². The number of pyridine rings is 1. The van der Waals surface area contributed by atoms with Crippen molar-refractivity contribution in [1.29, 1.82) is 0 Å². The van der Waals surface area contributed by atoms with Crippen LogP contribution >= 0.6 is 12.2 Å². The predicted molar refractivity (Wildman–Crippen MR) is 136 cm³/mol. The van der Waals surface area contributed by atoms with Gasteiger partial charge in [0.2, 0.25) is 5.91 Å². The SMILES string of the molecule is Cc1cccc(-c2n[nH]c(=S)n2CCC(=O)N2CCN(Cc3cccc4cccnc34)CC2)c1. The second-order valence-electron chi connectivity index (χ2n) is 8.77. The Labute approximate surface area is 204 Å². The smallest absolute Gasteiger partial charge is 0.224 e. The highest BCUT2D eigenvalue weighted by Crippen LogP contribution is 2.20. The molecule has 2 aromatic heterocycles. The summed E-state index contributed by atoms with van der Waals surface area (Å²) in [5.41, 5.74) is 4.45. The van der Waals surface area contributed by atoms with E-state index in [4.69, 9.17) is 12.2 Å². The summed E-state index contributed by atoms with van der Waals surface area (Å²) in [6.07, 6.45) is 2.25. The van der Waals surface area contributed by atoms with E-state index >= 15 is 0 Å². The highest BCUT2D eigenvalue weighted by Gasteiger charge is 2.22. The molecule has 0 bridgehead atoms. The van der Waals surface area contributed by atoms with E-state index in [1.807, 2.05) is 33.9 Å². The molecule has 1 fully saturated rings. The highest BCUT2D eigenvalue weighted by atomic mass is 32.1. The highest BCUT2D eigenvalue weighted by molar-refractivity contribution is 7.71. The molecule has 1 aliphatic heterocycles. The Morgan fingerprint density at radius 2 is 1.85 bits per heavy atom. The summed E-state index contributed by atoms with van der Waals surface area (Å²) in [5.74, 6) is 0.930. The van der Waals surface area contributed by atoms with Crippen molar-refractivity contribution in [3.8, 4) is 11.4 Å². The molecule has 4 aromatic rings. The van der Waals surface area contributed by atoms with Gasteiger partial charge in [0, 0.05) is 62.8 Å². The van der Waals surface area contributed by atoms with E-state index in [-0.39, 0.29) is 5.91 Å². The summed E-state index contributed by atoms with van der Waals surface area (Å²) in [5, 5.41) is 8.44. The number of amides is 1. The minimum atomic E-state index is 0.157. The Kier molecular flexibility index (Phi) is 6.51. The fourth-order valence-electron chi connectivity index (χ4n) is 4.59. The van der Waals surface area contributed by atoms with E-state index in [1.54, 1.807) is 0 Å². The Hall–Kier alpha value is -3.36. The zero-order chi connectivity index (χ0) is 23.5. The van der Waals surface area contributed by atoms with Crippen LogP contribution in [0.2, 0.25) is 0 Å². The van der Waals surface area contributed by atoms with E-state index in [0.717, 1.165) is 60.6 Å². The van der Waals surface area contributed by atoms with E-state index < -0.39 is 0 Å². The average molecular weight is 473 g/mol. The van der Waals surface area contributed by atoms with E-state index in [2.05, 4.69) is 63.4 Å². The lowest BCUT2D eigenvalue weighted by Crippen LogP contribution is -2.48. The molecular formula is C26H28N6OS. The van der Waals surface area contributed by atoms with Gasteiger partial charge >= 0.3 is 0 Å². The third-order valence-corrected chi connectivity index (χ3v) is 6.73. The molecular weight excluding hydrogens is 444 g/mol. The Bertz CT molecular complexity index is 1360. The van der Waals surface area contributed by atoms with Crippen molar-refractivity contribution >= 4 is 29.0 Å². The molecule has 7 nitrogen and oxygen atoms in total. The first-order chi connectivity index (χ1) is 16.6. The van der Waals surface area contributed by atoms with Gasteiger partial charge in [0.25, 0.3) is 0 Å². The number of aryl methyl sites for hydroxylation is 1. The predicted octanol–water partition coefficient (Wildman–Crippen LogP) is 4.20. The number of nitrogens with one attached hydrogen (secondary N) is 1. The molecule has 0 atom stereocenters. The number of aromatic amines is 1. The van der Waals surface area contributed by atoms with Gasteiger partial charge in [-0.3, -0.25) is 24.3 Å². The number of nitrogens with zero attached hydrogens (tertiary/aromatic N) is 5. The van der Waals surface area contributed by atoms with Crippen LogP contribution in [-0.4, -0.2) is 61.6 Å². The maximum Gasteiger partial charge on any atom is 0.224 e. The zero-order valence-electron chi connectivity index (χ0n) is 19.3. The van der Waals surface area contributed by atoms with Crippen molar-refractivity contribution in [3.63, 3.8) is 0 Å². The van der Waals surface area contributed by atoms with Gasteiger partial charge in [-0.05, 0) is 36.8 Å². The topological polar surface area (TPSA) is 70.1 Å². The number of hydrogen-bond acceptors (Lipinski definition) is 5. The molecule has 0 saturated carbocycles. The summed E-state index contributed by atoms with van der Waals surface area (Å²) in [4.78, 5) is 21.9. The Balaban J connectivity index is 1.18. The molecule has 34 heavy (non-hydrogen) atoms. The van der Waals surface area contributed by atoms with Crippen molar-refractivity contribution in [2.75, 3.05) is 26.2 Å². The number of fused-ring (bicyclic) bond motifs is 1. The second-order valence-corrected chi connectivity index (χ2v) is 9.16. The Morgan fingerprint density at radius 3 is 2.68 bits per heavy atom. The fraction of sp³-hybridized carbons (Fsp3) is 0.308. The van der Waals surface area contributed by atoms with Gasteiger partial charge in [0.1, 0.15) is 0 Å². The Morgan fingerprint density at radius 1 is 1.06 bits per heavy atom. The van der Waals surface area contributed by atoms with Crippen molar-refractivity contribution in [3.05, 3.63) is 76.7 Å². The van der Waals surface area contributed by atoms with Crippen LogP contribution in [0.25, 0.3) is 22.3 Å². The number of carbonyl (C=O) groups excluding carboxylic acids is 1. The van der Waals surface area contributed by atoms with Gasteiger partial charge < -0.3 is 4.90 Å². The van der Waals surface area contributed by atoms with E-state index in [1.165, 1.54) is 5.56 Å². The van der Waals surface area contributed by atoms with Gasteiger partial charge in [-0.15, -0.1) is 0 Å². The third kappa shape index (κ3) is 4.78. The molecule has 2 aromatic carbocycles. The lowest BCUT2D eigenvalue weighted by Gasteiger charge is -2.35. The third-order valence-electron chi connectivity index (χ3n) is 6.42. The summed E-state index contributed by atoms with van der Waals surface area (Å²) < 4.78 is 2.46. The first-order valence-electron chi connectivity index (χ1n) is 11.6. The number of H-pyrrole nitrogens is 1. The number of carbonyl (C=O) groups is 1. The summed E-state index contributed by atoms with van der Waals surface area (Å²) in [6.45, 7) is 6.59. The number of para-hydroxylation sites is 1. The lowest BCUT2D eigenvalue weighted by molar-refractivity contribution is -0.133. The van der Waals surface area contributed by atoms with E-state index in [9.17, 15) is 4.79 Å². The molecule has 1 amide bonds. The molecule has 0 unspecified atom stereocenters. The monoisotopic (exact) mass is 472 g/mol.